The van der Waals surface area contributed by atoms with Gasteiger partial charge in [-0.3, -0.25) is 0 Å². The molecule has 0 fully saturated rings. The fourth-order valence-corrected chi connectivity index (χ4v) is 9.07. The van der Waals surface area contributed by atoms with Crippen molar-refractivity contribution < 1.29 is 0 Å². The van der Waals surface area contributed by atoms with E-state index < -0.39 is 0 Å². The Morgan fingerprint density at radius 3 is 1.49 bits per heavy atom. The molecule has 3 nitrogen and oxygen atoms in total. The van der Waals surface area contributed by atoms with Crippen molar-refractivity contribution in [2.45, 2.75) is 19.3 Å². The number of fused-ring (bicyclic) bond motifs is 9. The summed E-state index contributed by atoms with van der Waals surface area (Å²) in [4.78, 5) is 15.9. The highest BCUT2D eigenvalue weighted by Gasteiger charge is 2.35. The molecule has 1 aliphatic rings. The predicted molar refractivity (Wildman–Crippen MR) is 237 cm³/mol. The number of rotatable bonds is 5. The molecule has 1 aromatic heterocycles. The van der Waals surface area contributed by atoms with Crippen molar-refractivity contribution >= 4 is 32.3 Å². The highest BCUT2D eigenvalue weighted by molar-refractivity contribution is 6.25. The summed E-state index contributed by atoms with van der Waals surface area (Å²) >= 11 is 0. The highest BCUT2D eigenvalue weighted by Crippen LogP contribution is 2.50. The number of hydrogen-bond acceptors (Lipinski definition) is 3. The molecule has 0 N–H and O–H groups in total. The molecule has 0 bridgehead atoms. The quantitative estimate of drug-likeness (QED) is 0.166. The third kappa shape index (κ3) is 5.38. The van der Waals surface area contributed by atoms with Crippen LogP contribution in [-0.2, 0) is 5.41 Å². The molecule has 0 atom stereocenters. The predicted octanol–water partition coefficient (Wildman–Crippen LogP) is 14.0. The van der Waals surface area contributed by atoms with Gasteiger partial charge < -0.3 is 0 Å². The molecule has 1 heterocycles. The number of benzene rings is 9. The molecule has 0 amide bonds. The standard InChI is InChI=1S/C54H37N3/c1-54(2)49-26-13-12-24-45(49)46-30-27-36(33-50(46)54)39-19-6-11-25-47(39)53-56-51(37-18-14-17-35(31-37)34-15-4-3-5-16-34)55-52(57-53)38-28-29-44-42-22-8-7-20-40(42)41-21-9-10-23-43(41)48(44)32-38/h3-33H,1-2H3. The van der Waals surface area contributed by atoms with Crippen molar-refractivity contribution in [1.82, 2.24) is 15.0 Å². The summed E-state index contributed by atoms with van der Waals surface area (Å²) in [5.41, 5.74) is 12.5. The molecule has 0 unspecified atom stereocenters. The summed E-state index contributed by atoms with van der Waals surface area (Å²) in [6, 6.07) is 67.3. The minimum atomic E-state index is -0.111. The maximum absolute atomic E-state index is 5.33. The molecular weight excluding hydrogens is 691 g/mol. The van der Waals surface area contributed by atoms with E-state index in [0.717, 1.165) is 38.9 Å². The van der Waals surface area contributed by atoms with Crippen LogP contribution in [-0.4, -0.2) is 15.0 Å². The van der Waals surface area contributed by atoms with E-state index in [9.17, 15) is 0 Å². The fraction of sp³-hybridized carbons (Fsp3) is 0.0556. The van der Waals surface area contributed by atoms with Crippen LogP contribution in [0, 0.1) is 0 Å². The first-order chi connectivity index (χ1) is 28.0. The molecule has 11 rings (SSSR count). The molecule has 0 aliphatic heterocycles. The van der Waals surface area contributed by atoms with Gasteiger partial charge in [-0.05, 0) is 95.0 Å². The first-order valence-corrected chi connectivity index (χ1v) is 19.6. The van der Waals surface area contributed by atoms with Crippen LogP contribution >= 0.6 is 0 Å². The van der Waals surface area contributed by atoms with Gasteiger partial charge in [0.2, 0.25) is 0 Å². The van der Waals surface area contributed by atoms with Gasteiger partial charge in [-0.2, -0.15) is 0 Å². The van der Waals surface area contributed by atoms with Crippen molar-refractivity contribution in [3.05, 3.63) is 199 Å². The van der Waals surface area contributed by atoms with Gasteiger partial charge >= 0.3 is 0 Å². The molecule has 1 aliphatic carbocycles. The lowest BCUT2D eigenvalue weighted by atomic mass is 9.81. The second-order valence-electron chi connectivity index (χ2n) is 15.6. The van der Waals surface area contributed by atoms with Gasteiger partial charge in [0.1, 0.15) is 0 Å². The van der Waals surface area contributed by atoms with E-state index in [1.54, 1.807) is 0 Å². The zero-order chi connectivity index (χ0) is 38.1. The van der Waals surface area contributed by atoms with Gasteiger partial charge in [0.25, 0.3) is 0 Å². The monoisotopic (exact) mass is 727 g/mol. The number of aromatic nitrogens is 3. The Hall–Kier alpha value is -7.23. The van der Waals surface area contributed by atoms with Crippen LogP contribution in [0.1, 0.15) is 25.0 Å². The van der Waals surface area contributed by atoms with E-state index >= 15 is 0 Å². The second-order valence-corrected chi connectivity index (χ2v) is 15.6. The van der Waals surface area contributed by atoms with Crippen molar-refractivity contribution in [3.63, 3.8) is 0 Å². The minimum absolute atomic E-state index is 0.111. The molecule has 57 heavy (non-hydrogen) atoms. The van der Waals surface area contributed by atoms with Crippen molar-refractivity contribution in [1.29, 1.82) is 0 Å². The van der Waals surface area contributed by atoms with Crippen molar-refractivity contribution in [3.8, 4) is 67.5 Å². The van der Waals surface area contributed by atoms with Crippen LogP contribution in [0.3, 0.4) is 0 Å². The molecule has 268 valence electrons. The lowest BCUT2D eigenvalue weighted by Gasteiger charge is -2.22. The summed E-state index contributed by atoms with van der Waals surface area (Å²) in [5, 5.41) is 7.34. The normalized spacial score (nSPS) is 12.9. The van der Waals surface area contributed by atoms with Crippen LogP contribution < -0.4 is 0 Å². The minimum Gasteiger partial charge on any atom is -0.208 e. The Kier molecular flexibility index (Phi) is 7.52. The fourth-order valence-electron chi connectivity index (χ4n) is 9.07. The van der Waals surface area contributed by atoms with E-state index in [0.29, 0.717) is 17.5 Å². The van der Waals surface area contributed by atoms with Gasteiger partial charge in [0.15, 0.2) is 17.5 Å². The van der Waals surface area contributed by atoms with Gasteiger partial charge in [-0.1, -0.05) is 184 Å². The lowest BCUT2D eigenvalue weighted by Crippen LogP contribution is -2.14. The van der Waals surface area contributed by atoms with Gasteiger partial charge in [0.05, 0.1) is 0 Å². The van der Waals surface area contributed by atoms with Crippen LogP contribution in [0.15, 0.2) is 188 Å². The second kappa shape index (κ2) is 12.9. The molecule has 0 saturated heterocycles. The SMILES string of the molecule is CC1(C)c2ccccc2-c2ccc(-c3ccccc3-c3nc(-c4cccc(-c5ccccc5)c4)nc(-c4ccc5c6ccccc6c6ccccc6c5c4)n3)cc21. The molecule has 0 radical (unpaired) electrons. The Labute approximate surface area is 332 Å². The molecule has 9 aromatic carbocycles. The Balaban J connectivity index is 1.12. The number of hydrogen-bond donors (Lipinski definition) is 0. The summed E-state index contributed by atoms with van der Waals surface area (Å²) < 4.78 is 0. The summed E-state index contributed by atoms with van der Waals surface area (Å²) in [5.74, 6) is 1.92. The van der Waals surface area contributed by atoms with E-state index in [-0.39, 0.29) is 5.41 Å². The average molecular weight is 728 g/mol. The molecular formula is C54H37N3. The first kappa shape index (κ1) is 33.1. The van der Waals surface area contributed by atoms with E-state index in [4.69, 9.17) is 15.0 Å². The Morgan fingerprint density at radius 2 is 0.772 bits per heavy atom. The van der Waals surface area contributed by atoms with Crippen LogP contribution in [0.4, 0.5) is 0 Å². The van der Waals surface area contributed by atoms with Gasteiger partial charge in [0, 0.05) is 22.1 Å². The smallest absolute Gasteiger partial charge is 0.164 e. The van der Waals surface area contributed by atoms with Crippen LogP contribution in [0.2, 0.25) is 0 Å². The van der Waals surface area contributed by atoms with Crippen LogP contribution in [0.5, 0.6) is 0 Å². The zero-order valence-electron chi connectivity index (χ0n) is 31.7. The first-order valence-electron chi connectivity index (χ1n) is 19.6. The maximum Gasteiger partial charge on any atom is 0.164 e. The number of nitrogens with zero attached hydrogens (tertiary/aromatic N) is 3. The van der Waals surface area contributed by atoms with Crippen molar-refractivity contribution in [2.75, 3.05) is 0 Å². The largest absolute Gasteiger partial charge is 0.208 e. The molecule has 10 aromatic rings. The third-order valence-electron chi connectivity index (χ3n) is 11.9. The van der Waals surface area contributed by atoms with Gasteiger partial charge in [-0.25, -0.2) is 15.0 Å². The lowest BCUT2D eigenvalue weighted by molar-refractivity contribution is 0.660. The third-order valence-corrected chi connectivity index (χ3v) is 11.9. The Morgan fingerprint density at radius 1 is 0.281 bits per heavy atom. The molecule has 0 spiro atoms. The van der Waals surface area contributed by atoms with E-state index in [1.807, 2.05) is 6.07 Å². The average Bonchev–Trinajstić information content (AvgIpc) is 3.51. The highest BCUT2D eigenvalue weighted by atomic mass is 15.0. The molecule has 0 saturated carbocycles. The summed E-state index contributed by atoms with van der Waals surface area (Å²) in [6.45, 7) is 4.66. The maximum atomic E-state index is 5.33. The summed E-state index contributed by atoms with van der Waals surface area (Å²) in [7, 11) is 0. The summed E-state index contributed by atoms with van der Waals surface area (Å²) in [6.07, 6.45) is 0. The zero-order valence-corrected chi connectivity index (χ0v) is 31.7. The Bertz CT molecular complexity index is 3180. The topological polar surface area (TPSA) is 38.7 Å². The van der Waals surface area contributed by atoms with Crippen LogP contribution in [0.25, 0.3) is 99.9 Å². The van der Waals surface area contributed by atoms with E-state index in [2.05, 4.69) is 196 Å². The molecule has 3 heteroatoms. The van der Waals surface area contributed by atoms with Crippen molar-refractivity contribution in [2.24, 2.45) is 0 Å². The van der Waals surface area contributed by atoms with E-state index in [1.165, 1.54) is 54.6 Å². The van der Waals surface area contributed by atoms with Gasteiger partial charge in [-0.15, -0.1) is 0 Å².